The van der Waals surface area contributed by atoms with Crippen LogP contribution in [0.1, 0.15) is 37.3 Å². The highest BCUT2D eigenvalue weighted by Gasteiger charge is 2.32. The monoisotopic (exact) mass is 596 g/mol. The third kappa shape index (κ3) is 5.40. The Kier molecular flexibility index (Phi) is 7.39. The number of anilines is 1. The number of nitrogens with one attached hydrogen (secondary N) is 1. The summed E-state index contributed by atoms with van der Waals surface area (Å²) >= 11 is 6.46. The van der Waals surface area contributed by atoms with Gasteiger partial charge in [-0.15, -0.1) is 12.3 Å². The summed E-state index contributed by atoms with van der Waals surface area (Å²) in [5.41, 5.74) is 3.78. The van der Waals surface area contributed by atoms with Gasteiger partial charge in [0.05, 0.1) is 19.3 Å². The lowest BCUT2D eigenvalue weighted by Crippen LogP contribution is -2.41. The van der Waals surface area contributed by atoms with Crippen LogP contribution in [-0.2, 0) is 11.3 Å². The predicted molar refractivity (Wildman–Crippen MR) is 161 cm³/mol. The molecular formula is C31H29ClN8O3. The molecule has 2 fully saturated rings. The molecule has 4 aromatic heterocycles. The second-order valence-electron chi connectivity index (χ2n) is 11.0. The first-order valence-corrected chi connectivity index (χ1v) is 14.8. The maximum atomic E-state index is 11.8. The van der Waals surface area contributed by atoms with Crippen molar-refractivity contribution in [1.29, 1.82) is 0 Å². The van der Waals surface area contributed by atoms with Crippen LogP contribution >= 0.6 is 11.6 Å². The minimum atomic E-state index is -0.690. The molecule has 0 unspecified atom stereocenters. The molecule has 7 rings (SSSR count). The second kappa shape index (κ2) is 11.6. The van der Waals surface area contributed by atoms with E-state index in [4.69, 9.17) is 42.2 Å². The van der Waals surface area contributed by atoms with Crippen molar-refractivity contribution in [2.45, 2.75) is 38.3 Å². The van der Waals surface area contributed by atoms with Crippen molar-refractivity contribution in [2.24, 2.45) is 11.8 Å². The van der Waals surface area contributed by atoms with E-state index in [1.54, 1.807) is 12.4 Å². The summed E-state index contributed by atoms with van der Waals surface area (Å²) in [6.45, 7) is 2.44. The van der Waals surface area contributed by atoms with E-state index in [2.05, 4.69) is 30.5 Å². The number of fused-ring (bicyclic) bond motifs is 1. The molecule has 1 aliphatic heterocycles. The highest BCUT2D eigenvalue weighted by Crippen LogP contribution is 2.38. The van der Waals surface area contributed by atoms with Gasteiger partial charge in [-0.05, 0) is 61.4 Å². The van der Waals surface area contributed by atoms with Crippen LogP contribution < -0.4 is 10.7 Å². The van der Waals surface area contributed by atoms with Crippen LogP contribution in [0.5, 0.6) is 0 Å². The van der Waals surface area contributed by atoms with Gasteiger partial charge in [0.15, 0.2) is 5.65 Å². The third-order valence-electron chi connectivity index (χ3n) is 8.33. The van der Waals surface area contributed by atoms with Crippen molar-refractivity contribution in [3.8, 4) is 35.2 Å². The number of ether oxygens (including phenoxy) is 1. The fourth-order valence-corrected chi connectivity index (χ4v) is 6.35. The normalized spacial score (nSPS) is 20.7. The standard InChI is InChI=1S/C31H29ClN8O3/c1-2-19-6-8-20(9-7-19)17-40-26-25(22-4-3-5-23(32)16-22)34-28(29-37-31(41)43-38-29)35-27(26)36-30(40)39-14-15-42-18-24(39)21-10-12-33-13-11-21/h1,3-5,10-13,16,19-20,24H,6-9,14-15,17-18H2,(H,37,38,41)/t19?,20?,24-/m0/s1. The summed E-state index contributed by atoms with van der Waals surface area (Å²) in [4.78, 5) is 35.7. The number of morpholine rings is 1. The molecule has 2 aliphatic rings. The number of hydrogen-bond donors (Lipinski definition) is 1. The molecule has 5 aromatic rings. The maximum absolute atomic E-state index is 11.8. The van der Waals surface area contributed by atoms with Crippen LogP contribution in [0.4, 0.5) is 5.95 Å². The Labute approximate surface area is 252 Å². The fraction of sp³-hybridized carbons (Fsp3) is 0.355. The second-order valence-corrected chi connectivity index (χ2v) is 11.4. The van der Waals surface area contributed by atoms with Gasteiger partial charge in [0, 0.05) is 42.0 Å². The van der Waals surface area contributed by atoms with Crippen molar-refractivity contribution in [3.05, 3.63) is 69.9 Å². The van der Waals surface area contributed by atoms with E-state index in [-0.39, 0.29) is 17.7 Å². The number of H-pyrrole nitrogens is 1. The van der Waals surface area contributed by atoms with Crippen molar-refractivity contribution in [3.63, 3.8) is 0 Å². The molecule has 1 saturated heterocycles. The van der Waals surface area contributed by atoms with Crippen molar-refractivity contribution in [2.75, 3.05) is 24.7 Å². The van der Waals surface area contributed by atoms with E-state index in [0.717, 1.165) is 54.8 Å². The van der Waals surface area contributed by atoms with Crippen LogP contribution in [0, 0.1) is 24.2 Å². The Hall–Kier alpha value is -4.53. The number of aromatic amines is 1. The molecule has 218 valence electrons. The van der Waals surface area contributed by atoms with Gasteiger partial charge in [-0.3, -0.25) is 14.5 Å². The fourth-order valence-electron chi connectivity index (χ4n) is 6.16. The van der Waals surface area contributed by atoms with Crippen LogP contribution in [0.25, 0.3) is 34.1 Å². The van der Waals surface area contributed by atoms with Gasteiger partial charge >= 0.3 is 5.76 Å². The molecule has 1 N–H and O–H groups in total. The van der Waals surface area contributed by atoms with Crippen LogP contribution in [0.15, 0.2) is 58.1 Å². The summed E-state index contributed by atoms with van der Waals surface area (Å²) in [6.07, 6.45) is 13.4. The van der Waals surface area contributed by atoms with E-state index in [0.29, 0.717) is 48.0 Å². The number of benzene rings is 1. The first-order valence-electron chi connectivity index (χ1n) is 14.4. The maximum Gasteiger partial charge on any atom is 0.439 e. The number of aromatic nitrogens is 7. The lowest BCUT2D eigenvalue weighted by molar-refractivity contribution is 0.0927. The van der Waals surface area contributed by atoms with E-state index < -0.39 is 5.76 Å². The molecule has 1 aliphatic carbocycles. The summed E-state index contributed by atoms with van der Waals surface area (Å²) in [5, 5.41) is 4.42. The molecule has 5 heterocycles. The molecule has 11 nitrogen and oxygen atoms in total. The predicted octanol–water partition coefficient (Wildman–Crippen LogP) is 4.90. The molecule has 1 saturated carbocycles. The third-order valence-corrected chi connectivity index (χ3v) is 8.57. The van der Waals surface area contributed by atoms with E-state index in [1.807, 2.05) is 36.4 Å². The highest BCUT2D eigenvalue weighted by molar-refractivity contribution is 6.30. The Morgan fingerprint density at radius 1 is 1.09 bits per heavy atom. The average Bonchev–Trinajstić information content (AvgIpc) is 3.65. The summed E-state index contributed by atoms with van der Waals surface area (Å²) in [6, 6.07) is 11.5. The average molecular weight is 597 g/mol. The number of pyridine rings is 1. The van der Waals surface area contributed by atoms with E-state index >= 15 is 0 Å². The van der Waals surface area contributed by atoms with Crippen molar-refractivity contribution in [1.82, 2.24) is 34.6 Å². The first kappa shape index (κ1) is 27.3. The molecule has 0 bridgehead atoms. The number of terminal acetylenes is 1. The number of nitrogens with zero attached hydrogens (tertiary/aromatic N) is 7. The molecule has 0 spiro atoms. The number of hydrogen-bond acceptors (Lipinski definition) is 9. The van der Waals surface area contributed by atoms with Gasteiger partial charge in [-0.1, -0.05) is 28.9 Å². The molecule has 1 atom stereocenters. The zero-order chi connectivity index (χ0) is 29.3. The lowest BCUT2D eigenvalue weighted by atomic mass is 9.82. The smallest absolute Gasteiger partial charge is 0.377 e. The minimum absolute atomic E-state index is 0.0709. The lowest BCUT2D eigenvalue weighted by Gasteiger charge is -2.37. The minimum Gasteiger partial charge on any atom is -0.377 e. The van der Waals surface area contributed by atoms with E-state index in [9.17, 15) is 4.79 Å². The van der Waals surface area contributed by atoms with Gasteiger partial charge in [-0.2, -0.15) is 4.98 Å². The first-order chi connectivity index (χ1) is 21.1. The van der Waals surface area contributed by atoms with Crippen LogP contribution in [0.3, 0.4) is 0 Å². The summed E-state index contributed by atoms with van der Waals surface area (Å²) in [7, 11) is 0. The number of imidazole rings is 1. The summed E-state index contributed by atoms with van der Waals surface area (Å²) in [5.74, 6) is 4.08. The van der Waals surface area contributed by atoms with Gasteiger partial charge in [-0.25, -0.2) is 14.8 Å². The molecule has 43 heavy (non-hydrogen) atoms. The quantitative estimate of drug-likeness (QED) is 0.272. The molecule has 0 radical (unpaired) electrons. The number of halogens is 1. The zero-order valence-electron chi connectivity index (χ0n) is 23.3. The van der Waals surface area contributed by atoms with Crippen molar-refractivity contribution < 1.29 is 9.26 Å². The SMILES string of the molecule is C#CC1CCC(Cn2c(N3CCOC[C@H]3c3ccncc3)nc3nc(-c4noc(=O)[nH]4)nc(-c4cccc(Cl)c4)c32)CC1. The van der Waals surface area contributed by atoms with Gasteiger partial charge in [0.1, 0.15) is 11.2 Å². The largest absolute Gasteiger partial charge is 0.439 e. The summed E-state index contributed by atoms with van der Waals surface area (Å²) < 4.78 is 13.0. The molecule has 12 heteroatoms. The topological polar surface area (TPSA) is 128 Å². The Bertz CT molecular complexity index is 1850. The Balaban J connectivity index is 1.44. The molecule has 0 amide bonds. The molecule has 1 aromatic carbocycles. The van der Waals surface area contributed by atoms with Crippen molar-refractivity contribution >= 4 is 28.7 Å². The van der Waals surface area contributed by atoms with E-state index in [1.165, 1.54) is 0 Å². The van der Waals surface area contributed by atoms with Crippen LogP contribution in [0.2, 0.25) is 5.02 Å². The Morgan fingerprint density at radius 3 is 2.67 bits per heavy atom. The molecular weight excluding hydrogens is 568 g/mol. The van der Waals surface area contributed by atoms with Gasteiger partial charge < -0.3 is 14.2 Å². The van der Waals surface area contributed by atoms with Gasteiger partial charge in [0.25, 0.3) is 0 Å². The van der Waals surface area contributed by atoms with Crippen LogP contribution in [-0.4, -0.2) is 54.4 Å². The zero-order valence-corrected chi connectivity index (χ0v) is 24.1. The number of rotatable bonds is 6. The van der Waals surface area contributed by atoms with Gasteiger partial charge in [0.2, 0.25) is 17.6 Å². The highest BCUT2D eigenvalue weighted by atomic mass is 35.5. The Morgan fingerprint density at radius 2 is 1.93 bits per heavy atom.